The van der Waals surface area contributed by atoms with E-state index in [1.165, 1.54) is 16.7 Å². The predicted molar refractivity (Wildman–Crippen MR) is 86.3 cm³/mol. The van der Waals surface area contributed by atoms with Gasteiger partial charge in [-0.3, -0.25) is 0 Å². The number of rotatable bonds is 4. The van der Waals surface area contributed by atoms with Crippen molar-refractivity contribution in [2.24, 2.45) is 5.84 Å². The lowest BCUT2D eigenvalue weighted by molar-refractivity contribution is 0.438. The SMILES string of the molecule is CCC1=CCC(c2ccc(C(C)C)cc2)C=C1N(C)N. The summed E-state index contributed by atoms with van der Waals surface area (Å²) in [6.07, 6.45) is 6.75. The first-order valence-electron chi connectivity index (χ1n) is 7.52. The van der Waals surface area contributed by atoms with Crippen LogP contribution in [0.5, 0.6) is 0 Å². The van der Waals surface area contributed by atoms with Crippen molar-refractivity contribution in [3.8, 4) is 0 Å². The third-order valence-electron chi connectivity index (χ3n) is 4.10. The Labute approximate surface area is 122 Å². The first-order valence-corrected chi connectivity index (χ1v) is 7.52. The third-order valence-corrected chi connectivity index (χ3v) is 4.10. The van der Waals surface area contributed by atoms with E-state index < -0.39 is 0 Å². The molecule has 0 heterocycles. The maximum Gasteiger partial charge on any atom is 0.0508 e. The highest BCUT2D eigenvalue weighted by molar-refractivity contribution is 5.39. The van der Waals surface area contributed by atoms with E-state index in [4.69, 9.17) is 5.84 Å². The summed E-state index contributed by atoms with van der Waals surface area (Å²) in [6, 6.07) is 9.02. The van der Waals surface area contributed by atoms with Crippen molar-refractivity contribution in [1.82, 2.24) is 5.01 Å². The van der Waals surface area contributed by atoms with Gasteiger partial charge < -0.3 is 5.01 Å². The molecule has 0 radical (unpaired) electrons. The Morgan fingerprint density at radius 3 is 2.40 bits per heavy atom. The highest BCUT2D eigenvalue weighted by Crippen LogP contribution is 2.32. The molecular weight excluding hydrogens is 244 g/mol. The second-order valence-electron chi connectivity index (χ2n) is 5.91. The molecule has 2 N–H and O–H groups in total. The van der Waals surface area contributed by atoms with Gasteiger partial charge in [0, 0.05) is 13.0 Å². The molecule has 2 heteroatoms. The fourth-order valence-corrected chi connectivity index (χ4v) is 2.77. The van der Waals surface area contributed by atoms with Gasteiger partial charge >= 0.3 is 0 Å². The molecule has 0 spiro atoms. The number of likely N-dealkylation sites (N-methyl/N-ethyl adjacent to an activating group) is 1. The molecule has 2 rings (SSSR count). The molecule has 0 fully saturated rings. The minimum atomic E-state index is 0.438. The van der Waals surface area contributed by atoms with Crippen molar-refractivity contribution in [3.05, 3.63) is 58.8 Å². The second kappa shape index (κ2) is 6.27. The van der Waals surface area contributed by atoms with Crippen molar-refractivity contribution in [2.75, 3.05) is 7.05 Å². The monoisotopic (exact) mass is 270 g/mol. The molecule has 0 saturated heterocycles. The van der Waals surface area contributed by atoms with Gasteiger partial charge in [-0.15, -0.1) is 0 Å². The zero-order chi connectivity index (χ0) is 14.7. The van der Waals surface area contributed by atoms with E-state index >= 15 is 0 Å². The molecule has 0 aliphatic heterocycles. The molecule has 1 aliphatic carbocycles. The minimum absolute atomic E-state index is 0.438. The van der Waals surface area contributed by atoms with E-state index in [0.29, 0.717) is 11.8 Å². The van der Waals surface area contributed by atoms with Crippen LogP contribution in [0, 0.1) is 0 Å². The van der Waals surface area contributed by atoms with Crippen molar-refractivity contribution in [2.45, 2.75) is 45.4 Å². The Kier molecular flexibility index (Phi) is 4.66. The summed E-state index contributed by atoms with van der Waals surface area (Å²) in [5, 5.41) is 1.74. The normalized spacial score (nSPS) is 18.8. The topological polar surface area (TPSA) is 29.3 Å². The van der Waals surface area contributed by atoms with E-state index in [-0.39, 0.29) is 0 Å². The zero-order valence-corrected chi connectivity index (χ0v) is 13.1. The summed E-state index contributed by atoms with van der Waals surface area (Å²) < 4.78 is 0. The number of benzene rings is 1. The molecule has 2 nitrogen and oxygen atoms in total. The number of nitrogens with zero attached hydrogens (tertiary/aromatic N) is 1. The zero-order valence-electron chi connectivity index (χ0n) is 13.1. The van der Waals surface area contributed by atoms with Gasteiger partial charge in [-0.05, 0) is 35.5 Å². The molecule has 0 aromatic heterocycles. The Balaban J connectivity index is 2.24. The van der Waals surface area contributed by atoms with Crippen molar-refractivity contribution in [3.63, 3.8) is 0 Å². The molecule has 0 bridgehead atoms. The summed E-state index contributed by atoms with van der Waals surface area (Å²) in [5.74, 6) is 6.99. The lowest BCUT2D eigenvalue weighted by Gasteiger charge is -2.26. The van der Waals surface area contributed by atoms with Gasteiger partial charge in [-0.2, -0.15) is 0 Å². The van der Waals surface area contributed by atoms with Crippen LogP contribution in [-0.4, -0.2) is 12.1 Å². The van der Waals surface area contributed by atoms with E-state index in [9.17, 15) is 0 Å². The van der Waals surface area contributed by atoms with Gasteiger partial charge in [0.25, 0.3) is 0 Å². The van der Waals surface area contributed by atoms with Gasteiger partial charge in [0.1, 0.15) is 0 Å². The Morgan fingerprint density at radius 1 is 1.25 bits per heavy atom. The van der Waals surface area contributed by atoms with Crippen LogP contribution in [0.1, 0.15) is 56.6 Å². The summed E-state index contributed by atoms with van der Waals surface area (Å²) in [4.78, 5) is 0. The van der Waals surface area contributed by atoms with Crippen LogP contribution in [0.3, 0.4) is 0 Å². The molecule has 1 atom stereocenters. The molecule has 0 saturated carbocycles. The van der Waals surface area contributed by atoms with Gasteiger partial charge in [0.15, 0.2) is 0 Å². The molecule has 1 aromatic rings. The largest absolute Gasteiger partial charge is 0.314 e. The standard InChI is InChI=1S/C18H26N2/c1-5-14-6-11-17(12-18(14)20(4)19)16-9-7-15(8-10-16)13(2)3/h6-10,12-13,17H,5,11,19H2,1-4H3. The molecule has 20 heavy (non-hydrogen) atoms. The second-order valence-corrected chi connectivity index (χ2v) is 5.91. The first-order chi connectivity index (χ1) is 9.52. The predicted octanol–water partition coefficient (Wildman–Crippen LogP) is 4.32. The van der Waals surface area contributed by atoms with Crippen LogP contribution >= 0.6 is 0 Å². The number of allylic oxidation sites excluding steroid dienone is 3. The Hall–Kier alpha value is -1.54. The van der Waals surface area contributed by atoms with Crippen LogP contribution in [-0.2, 0) is 0 Å². The van der Waals surface area contributed by atoms with Crippen molar-refractivity contribution < 1.29 is 0 Å². The smallest absolute Gasteiger partial charge is 0.0508 e. The first kappa shape index (κ1) is 14.9. The van der Waals surface area contributed by atoms with Gasteiger partial charge in [0.2, 0.25) is 0 Å². The molecule has 1 aliphatic rings. The molecule has 0 amide bonds. The van der Waals surface area contributed by atoms with Crippen LogP contribution in [0.15, 0.2) is 47.7 Å². The summed E-state index contributed by atoms with van der Waals surface area (Å²) in [5.41, 5.74) is 5.29. The van der Waals surface area contributed by atoms with Gasteiger partial charge in [0.05, 0.1) is 5.70 Å². The Bertz CT molecular complexity index is 507. The molecule has 108 valence electrons. The highest BCUT2D eigenvalue weighted by atomic mass is 15.4. The van der Waals surface area contributed by atoms with Crippen LogP contribution < -0.4 is 5.84 Å². The van der Waals surface area contributed by atoms with Crippen molar-refractivity contribution in [1.29, 1.82) is 0 Å². The lowest BCUT2D eigenvalue weighted by Crippen LogP contribution is -2.27. The quantitative estimate of drug-likeness (QED) is 0.652. The average Bonchev–Trinajstić information content (AvgIpc) is 2.46. The number of nitrogens with two attached hydrogens (primary N) is 1. The molecule has 1 unspecified atom stereocenters. The average molecular weight is 270 g/mol. The summed E-state index contributed by atoms with van der Waals surface area (Å²) in [7, 11) is 1.92. The van der Waals surface area contributed by atoms with E-state index in [1.807, 2.05) is 7.05 Å². The Morgan fingerprint density at radius 2 is 1.90 bits per heavy atom. The van der Waals surface area contributed by atoms with E-state index in [0.717, 1.165) is 18.5 Å². The fraction of sp³-hybridized carbons (Fsp3) is 0.444. The van der Waals surface area contributed by atoms with Crippen LogP contribution in [0.2, 0.25) is 0 Å². The van der Waals surface area contributed by atoms with Crippen LogP contribution in [0.25, 0.3) is 0 Å². The highest BCUT2D eigenvalue weighted by Gasteiger charge is 2.17. The van der Waals surface area contributed by atoms with E-state index in [1.54, 1.807) is 5.01 Å². The van der Waals surface area contributed by atoms with Crippen LogP contribution in [0.4, 0.5) is 0 Å². The van der Waals surface area contributed by atoms with Gasteiger partial charge in [-0.1, -0.05) is 57.2 Å². The summed E-state index contributed by atoms with van der Waals surface area (Å²) >= 11 is 0. The number of hydrogen-bond donors (Lipinski definition) is 1. The van der Waals surface area contributed by atoms with Gasteiger partial charge in [-0.25, -0.2) is 5.84 Å². The minimum Gasteiger partial charge on any atom is -0.314 e. The lowest BCUT2D eigenvalue weighted by atomic mass is 9.86. The maximum atomic E-state index is 5.96. The van der Waals surface area contributed by atoms with E-state index in [2.05, 4.69) is 57.2 Å². The number of hydrazine groups is 1. The number of hydrogen-bond acceptors (Lipinski definition) is 2. The molecule has 1 aromatic carbocycles. The molecular formula is C18H26N2. The maximum absolute atomic E-state index is 5.96. The summed E-state index contributed by atoms with van der Waals surface area (Å²) in [6.45, 7) is 6.64. The van der Waals surface area contributed by atoms with Crippen molar-refractivity contribution >= 4 is 0 Å². The fourth-order valence-electron chi connectivity index (χ4n) is 2.77. The third kappa shape index (κ3) is 3.13.